The number of methoxy groups -OCH3 is 2. The van der Waals surface area contributed by atoms with Crippen LogP contribution in [-0.2, 0) is 4.79 Å². The minimum atomic E-state index is -6.49. The molecule has 27 heavy (non-hydrogen) atoms. The van der Waals surface area contributed by atoms with Crippen LogP contribution in [0, 0.1) is 0 Å². The number of esters is 1. The van der Waals surface area contributed by atoms with Gasteiger partial charge in [0.15, 0.2) is 11.5 Å². The maximum atomic E-state index is 13.1. The van der Waals surface area contributed by atoms with Gasteiger partial charge >= 0.3 is 24.1 Å². The molecular weight excluding hydrogens is 393 g/mol. The second-order valence-electron chi connectivity index (χ2n) is 4.86. The maximum absolute atomic E-state index is 13.1. The third kappa shape index (κ3) is 4.92. The van der Waals surface area contributed by atoms with Crippen molar-refractivity contribution in [2.45, 2.75) is 25.1 Å². The standard InChI is InChI=1S/C14H13F7N2O4/c1-7(24)27-11-9(25-2)4-8(5-10(11)26-3)6-22-23-14(20,21)12(15,16)13(17,18)19/h4-6,23H,1-3H3/b22-6-. The van der Waals surface area contributed by atoms with E-state index in [2.05, 4.69) is 5.10 Å². The van der Waals surface area contributed by atoms with Crippen LogP contribution in [0.3, 0.4) is 0 Å². The highest BCUT2D eigenvalue weighted by molar-refractivity contribution is 5.83. The lowest BCUT2D eigenvalue weighted by Gasteiger charge is -2.27. The van der Waals surface area contributed by atoms with Crippen LogP contribution in [0.25, 0.3) is 0 Å². The predicted molar refractivity (Wildman–Crippen MR) is 77.5 cm³/mol. The summed E-state index contributed by atoms with van der Waals surface area (Å²) < 4.78 is 102. The summed E-state index contributed by atoms with van der Waals surface area (Å²) in [6.07, 6.45) is -5.97. The summed E-state index contributed by atoms with van der Waals surface area (Å²) >= 11 is 0. The van der Waals surface area contributed by atoms with Gasteiger partial charge in [-0.05, 0) is 12.1 Å². The highest BCUT2D eigenvalue weighted by Gasteiger charge is 2.73. The molecule has 1 N–H and O–H groups in total. The van der Waals surface area contributed by atoms with Crippen LogP contribution in [-0.4, -0.2) is 44.5 Å². The number of halogens is 7. The van der Waals surface area contributed by atoms with E-state index >= 15 is 0 Å². The van der Waals surface area contributed by atoms with Gasteiger partial charge in [-0.15, -0.1) is 0 Å². The Hall–Kier alpha value is -2.73. The Labute approximate surface area is 147 Å². The summed E-state index contributed by atoms with van der Waals surface area (Å²) in [5.74, 6) is -7.47. The zero-order chi connectivity index (χ0) is 21.0. The van der Waals surface area contributed by atoms with E-state index in [1.165, 1.54) is 14.2 Å². The number of carbonyl (C=O) groups excluding carboxylic acids is 1. The highest BCUT2D eigenvalue weighted by atomic mass is 19.4. The largest absolute Gasteiger partial charge is 0.493 e. The number of hydrogen-bond donors (Lipinski definition) is 1. The molecule has 1 aromatic rings. The van der Waals surface area contributed by atoms with Crippen molar-refractivity contribution in [1.82, 2.24) is 5.43 Å². The molecule has 0 spiro atoms. The third-order valence-corrected chi connectivity index (χ3v) is 2.90. The number of nitrogens with zero attached hydrogens (tertiary/aromatic N) is 1. The first kappa shape index (κ1) is 22.3. The van der Waals surface area contributed by atoms with Gasteiger partial charge in [0.2, 0.25) is 5.75 Å². The molecule has 1 aromatic carbocycles. The Morgan fingerprint density at radius 2 is 1.52 bits per heavy atom. The lowest BCUT2D eigenvalue weighted by Crippen LogP contribution is -2.58. The Morgan fingerprint density at radius 1 is 1.04 bits per heavy atom. The minimum absolute atomic E-state index is 0.0989. The van der Waals surface area contributed by atoms with Gasteiger partial charge < -0.3 is 14.2 Å². The molecule has 0 radical (unpaired) electrons. The number of ether oxygens (including phenoxy) is 3. The topological polar surface area (TPSA) is 69.2 Å². The van der Waals surface area contributed by atoms with Crippen molar-refractivity contribution in [3.05, 3.63) is 17.7 Å². The summed E-state index contributed by atoms with van der Waals surface area (Å²) in [5, 5.41) is 2.71. The van der Waals surface area contributed by atoms with E-state index in [0.717, 1.165) is 19.1 Å². The molecule has 6 nitrogen and oxygen atoms in total. The summed E-state index contributed by atoms with van der Waals surface area (Å²) in [4.78, 5) is 11.1. The quantitative estimate of drug-likeness (QED) is 0.188. The Balaban J connectivity index is 3.13. The first-order chi connectivity index (χ1) is 12.3. The van der Waals surface area contributed by atoms with Crippen LogP contribution < -0.4 is 19.6 Å². The van der Waals surface area contributed by atoms with E-state index in [-0.39, 0.29) is 22.8 Å². The van der Waals surface area contributed by atoms with Gasteiger partial charge in [-0.1, -0.05) is 0 Å². The van der Waals surface area contributed by atoms with Crippen LogP contribution >= 0.6 is 0 Å². The van der Waals surface area contributed by atoms with Crippen molar-refractivity contribution in [2.75, 3.05) is 14.2 Å². The fraction of sp³-hybridized carbons (Fsp3) is 0.429. The summed E-state index contributed by atoms with van der Waals surface area (Å²) in [5.41, 5.74) is 0.376. The van der Waals surface area contributed by atoms with E-state index in [4.69, 9.17) is 14.2 Å². The van der Waals surface area contributed by atoms with Crippen LogP contribution in [0.5, 0.6) is 17.2 Å². The second-order valence-corrected chi connectivity index (χ2v) is 4.86. The number of hydrazone groups is 1. The predicted octanol–water partition coefficient (Wildman–Crippen LogP) is 3.34. The van der Waals surface area contributed by atoms with E-state index in [0.29, 0.717) is 11.6 Å². The molecule has 0 saturated heterocycles. The lowest BCUT2D eigenvalue weighted by atomic mass is 10.2. The van der Waals surface area contributed by atoms with Crippen molar-refractivity contribution >= 4 is 12.2 Å². The van der Waals surface area contributed by atoms with Crippen molar-refractivity contribution in [3.8, 4) is 17.2 Å². The van der Waals surface area contributed by atoms with Crippen LogP contribution in [0.1, 0.15) is 12.5 Å². The molecule has 152 valence electrons. The van der Waals surface area contributed by atoms with E-state index in [1.807, 2.05) is 0 Å². The first-order valence-corrected chi connectivity index (χ1v) is 6.84. The molecule has 0 aliphatic rings. The number of alkyl halides is 7. The maximum Gasteiger partial charge on any atom is 0.462 e. The van der Waals surface area contributed by atoms with Crippen molar-refractivity contribution in [1.29, 1.82) is 0 Å². The average molecular weight is 406 g/mol. The Kier molecular flexibility index (Phi) is 6.51. The molecule has 0 bridgehead atoms. The molecule has 0 aliphatic heterocycles. The number of benzene rings is 1. The zero-order valence-corrected chi connectivity index (χ0v) is 14.0. The van der Waals surface area contributed by atoms with Gasteiger partial charge in [-0.3, -0.25) is 4.79 Å². The third-order valence-electron chi connectivity index (χ3n) is 2.90. The van der Waals surface area contributed by atoms with Gasteiger partial charge in [0, 0.05) is 12.5 Å². The molecule has 0 aromatic heterocycles. The molecule has 0 amide bonds. The number of carbonyl (C=O) groups is 1. The molecule has 13 heteroatoms. The lowest BCUT2D eigenvalue weighted by molar-refractivity contribution is -0.361. The fourth-order valence-corrected chi connectivity index (χ4v) is 1.66. The van der Waals surface area contributed by atoms with Crippen molar-refractivity contribution in [3.63, 3.8) is 0 Å². The fourth-order valence-electron chi connectivity index (χ4n) is 1.66. The normalized spacial score (nSPS) is 12.8. The van der Waals surface area contributed by atoms with Gasteiger partial charge in [0.1, 0.15) is 0 Å². The second kappa shape index (κ2) is 7.88. The molecule has 0 saturated carbocycles. The van der Waals surface area contributed by atoms with E-state index < -0.39 is 24.1 Å². The smallest absolute Gasteiger partial charge is 0.462 e. The Bertz CT molecular complexity index is 695. The summed E-state index contributed by atoms with van der Waals surface area (Å²) in [6.45, 7) is 1.08. The number of rotatable bonds is 7. The molecule has 1 rings (SSSR count). The molecular formula is C14H13F7N2O4. The molecule has 0 unspecified atom stereocenters. The van der Waals surface area contributed by atoms with E-state index in [1.54, 1.807) is 0 Å². The van der Waals surface area contributed by atoms with Gasteiger partial charge in [0.05, 0.1) is 20.4 Å². The van der Waals surface area contributed by atoms with Crippen LogP contribution in [0.4, 0.5) is 30.7 Å². The van der Waals surface area contributed by atoms with Crippen LogP contribution in [0.2, 0.25) is 0 Å². The average Bonchev–Trinajstić information content (AvgIpc) is 2.53. The highest BCUT2D eigenvalue weighted by Crippen LogP contribution is 2.45. The summed E-state index contributed by atoms with van der Waals surface area (Å²) in [7, 11) is 2.33. The Morgan fingerprint density at radius 3 is 1.89 bits per heavy atom. The molecule has 0 fully saturated rings. The molecule has 0 atom stereocenters. The number of nitrogens with one attached hydrogen (secondary N) is 1. The zero-order valence-electron chi connectivity index (χ0n) is 14.0. The molecule has 0 heterocycles. The monoisotopic (exact) mass is 406 g/mol. The van der Waals surface area contributed by atoms with Crippen LogP contribution in [0.15, 0.2) is 17.2 Å². The first-order valence-electron chi connectivity index (χ1n) is 6.84. The molecule has 0 aliphatic carbocycles. The van der Waals surface area contributed by atoms with Gasteiger partial charge in [-0.2, -0.15) is 35.8 Å². The summed E-state index contributed by atoms with van der Waals surface area (Å²) in [6, 6.07) is -3.52. The van der Waals surface area contributed by atoms with Crippen molar-refractivity contribution in [2.24, 2.45) is 5.10 Å². The number of hydrogen-bond acceptors (Lipinski definition) is 6. The van der Waals surface area contributed by atoms with Gasteiger partial charge in [-0.25, -0.2) is 5.43 Å². The SMILES string of the molecule is COc1cc(/C=N\NC(F)(F)C(F)(F)C(F)(F)F)cc(OC)c1OC(C)=O. The van der Waals surface area contributed by atoms with Gasteiger partial charge in [0.25, 0.3) is 0 Å². The van der Waals surface area contributed by atoms with E-state index in [9.17, 15) is 35.5 Å². The van der Waals surface area contributed by atoms with Crippen molar-refractivity contribution < 1.29 is 49.7 Å². The minimum Gasteiger partial charge on any atom is -0.493 e.